The molecule has 3 unspecified atom stereocenters. The molecular formula is C29H34N2. The van der Waals surface area contributed by atoms with Gasteiger partial charge >= 0.3 is 0 Å². The van der Waals surface area contributed by atoms with E-state index < -0.39 is 0 Å². The summed E-state index contributed by atoms with van der Waals surface area (Å²) >= 11 is 0. The van der Waals surface area contributed by atoms with Crippen molar-refractivity contribution in [2.45, 2.75) is 46.5 Å². The van der Waals surface area contributed by atoms with Crippen LogP contribution in [0.5, 0.6) is 0 Å². The molecule has 0 spiro atoms. The second-order valence-electron chi connectivity index (χ2n) is 9.49. The predicted molar refractivity (Wildman–Crippen MR) is 135 cm³/mol. The Morgan fingerprint density at radius 3 is 1.58 bits per heavy atom. The Morgan fingerprint density at radius 1 is 0.677 bits per heavy atom. The standard InChI is InChI=1S/C29H34N2/c1-17(2)19(4)27-16-18(3)20(5)28-25(21-6-10-23(30)11-7-21)14-15-26(29(27)28)22-8-12-24(31)13-9-22/h6-17,19-20,27H,30-31H2,1-5H3. The van der Waals surface area contributed by atoms with Gasteiger partial charge in [0.15, 0.2) is 0 Å². The van der Waals surface area contributed by atoms with Gasteiger partial charge in [0.05, 0.1) is 0 Å². The van der Waals surface area contributed by atoms with Crippen molar-refractivity contribution >= 4 is 11.4 Å². The molecule has 160 valence electrons. The Labute approximate surface area is 187 Å². The summed E-state index contributed by atoms with van der Waals surface area (Å²) in [4.78, 5) is 0. The first-order valence-corrected chi connectivity index (χ1v) is 11.3. The summed E-state index contributed by atoms with van der Waals surface area (Å²) in [6.45, 7) is 11.7. The number of hydrogen-bond acceptors (Lipinski definition) is 2. The van der Waals surface area contributed by atoms with Gasteiger partial charge in [0.1, 0.15) is 0 Å². The molecule has 31 heavy (non-hydrogen) atoms. The molecule has 3 aromatic carbocycles. The van der Waals surface area contributed by atoms with Crippen LogP contribution in [0.25, 0.3) is 22.3 Å². The highest BCUT2D eigenvalue weighted by Crippen LogP contribution is 2.50. The van der Waals surface area contributed by atoms with Crippen LogP contribution in [-0.2, 0) is 0 Å². The van der Waals surface area contributed by atoms with Crippen molar-refractivity contribution in [3.05, 3.63) is 83.4 Å². The highest BCUT2D eigenvalue weighted by Gasteiger charge is 2.33. The number of hydrogen-bond donors (Lipinski definition) is 2. The minimum Gasteiger partial charge on any atom is -0.399 e. The molecular weight excluding hydrogens is 376 g/mol. The van der Waals surface area contributed by atoms with Gasteiger partial charge in [-0.05, 0) is 76.4 Å². The summed E-state index contributed by atoms with van der Waals surface area (Å²) in [5, 5.41) is 0. The zero-order valence-electron chi connectivity index (χ0n) is 19.3. The molecule has 0 radical (unpaired) electrons. The van der Waals surface area contributed by atoms with Crippen molar-refractivity contribution in [3.8, 4) is 22.3 Å². The van der Waals surface area contributed by atoms with Crippen LogP contribution in [0.4, 0.5) is 11.4 Å². The molecule has 0 saturated heterocycles. The van der Waals surface area contributed by atoms with Crippen LogP contribution in [0.1, 0.15) is 57.6 Å². The fraction of sp³-hybridized carbons (Fsp3) is 0.310. The number of nitrogens with two attached hydrogens (primary N) is 2. The van der Waals surface area contributed by atoms with E-state index in [1.54, 1.807) is 0 Å². The zero-order valence-corrected chi connectivity index (χ0v) is 19.3. The van der Waals surface area contributed by atoms with E-state index in [2.05, 4.69) is 77.1 Å². The molecule has 3 aromatic rings. The topological polar surface area (TPSA) is 52.0 Å². The highest BCUT2D eigenvalue weighted by molar-refractivity contribution is 5.81. The maximum Gasteiger partial charge on any atom is 0.0314 e. The second-order valence-corrected chi connectivity index (χ2v) is 9.49. The molecule has 2 nitrogen and oxygen atoms in total. The molecule has 0 saturated carbocycles. The third kappa shape index (κ3) is 3.87. The molecule has 1 aliphatic rings. The summed E-state index contributed by atoms with van der Waals surface area (Å²) in [5.41, 5.74) is 23.0. The number of nitrogen functional groups attached to an aromatic ring is 2. The predicted octanol–water partition coefficient (Wildman–Crippen LogP) is 7.62. The van der Waals surface area contributed by atoms with E-state index >= 15 is 0 Å². The molecule has 4 N–H and O–H groups in total. The van der Waals surface area contributed by atoms with Gasteiger partial charge in [0.2, 0.25) is 0 Å². The van der Waals surface area contributed by atoms with Crippen LogP contribution in [-0.4, -0.2) is 0 Å². The van der Waals surface area contributed by atoms with Crippen molar-refractivity contribution in [1.29, 1.82) is 0 Å². The number of benzene rings is 3. The van der Waals surface area contributed by atoms with E-state index in [-0.39, 0.29) is 0 Å². The van der Waals surface area contributed by atoms with E-state index in [0.29, 0.717) is 23.7 Å². The summed E-state index contributed by atoms with van der Waals surface area (Å²) in [7, 11) is 0. The van der Waals surface area contributed by atoms with Crippen LogP contribution in [0.2, 0.25) is 0 Å². The number of fused-ring (bicyclic) bond motifs is 1. The third-order valence-electron chi connectivity index (χ3n) is 7.24. The van der Waals surface area contributed by atoms with Crippen molar-refractivity contribution < 1.29 is 0 Å². The average Bonchev–Trinajstić information content (AvgIpc) is 2.76. The Morgan fingerprint density at radius 2 is 1.13 bits per heavy atom. The van der Waals surface area contributed by atoms with Gasteiger partial charge in [0.25, 0.3) is 0 Å². The van der Waals surface area contributed by atoms with Crippen molar-refractivity contribution in [2.75, 3.05) is 11.5 Å². The molecule has 4 rings (SSSR count). The molecule has 0 bridgehead atoms. The van der Waals surface area contributed by atoms with Crippen LogP contribution in [0.15, 0.2) is 72.3 Å². The molecule has 0 heterocycles. The minimum absolute atomic E-state index is 0.367. The third-order valence-corrected chi connectivity index (χ3v) is 7.24. The minimum atomic E-state index is 0.367. The van der Waals surface area contributed by atoms with E-state index in [0.717, 1.165) is 11.4 Å². The molecule has 0 fully saturated rings. The maximum atomic E-state index is 5.99. The number of rotatable bonds is 4. The van der Waals surface area contributed by atoms with Gasteiger partial charge in [-0.2, -0.15) is 0 Å². The highest BCUT2D eigenvalue weighted by atomic mass is 14.5. The summed E-state index contributed by atoms with van der Waals surface area (Å²) in [6.07, 6.45) is 2.52. The largest absolute Gasteiger partial charge is 0.399 e. The lowest BCUT2D eigenvalue weighted by atomic mass is 9.67. The van der Waals surface area contributed by atoms with Gasteiger partial charge in [-0.1, -0.05) is 75.7 Å². The maximum absolute atomic E-state index is 5.99. The monoisotopic (exact) mass is 410 g/mol. The molecule has 0 aromatic heterocycles. The lowest BCUT2D eigenvalue weighted by Crippen LogP contribution is -2.22. The Kier molecular flexibility index (Phi) is 5.66. The quantitative estimate of drug-likeness (QED) is 0.343. The normalized spacial score (nSPS) is 19.1. The molecule has 2 heteroatoms. The molecule has 0 aliphatic heterocycles. The second kappa shape index (κ2) is 8.26. The van der Waals surface area contributed by atoms with Crippen LogP contribution in [0.3, 0.4) is 0 Å². The smallest absolute Gasteiger partial charge is 0.0314 e. The first-order valence-electron chi connectivity index (χ1n) is 11.3. The first-order chi connectivity index (χ1) is 14.8. The van der Waals surface area contributed by atoms with Gasteiger partial charge in [-0.25, -0.2) is 0 Å². The van der Waals surface area contributed by atoms with Crippen LogP contribution < -0.4 is 11.5 Å². The van der Waals surface area contributed by atoms with Crippen molar-refractivity contribution in [3.63, 3.8) is 0 Å². The van der Waals surface area contributed by atoms with Crippen molar-refractivity contribution in [2.24, 2.45) is 11.8 Å². The van der Waals surface area contributed by atoms with E-state index in [9.17, 15) is 0 Å². The van der Waals surface area contributed by atoms with E-state index in [4.69, 9.17) is 11.5 Å². The summed E-state index contributed by atoms with van der Waals surface area (Å²) in [6, 6.07) is 21.2. The lowest BCUT2D eigenvalue weighted by molar-refractivity contribution is 0.378. The van der Waals surface area contributed by atoms with E-state index in [1.807, 2.05) is 24.3 Å². The van der Waals surface area contributed by atoms with Gasteiger partial charge in [0, 0.05) is 23.2 Å². The van der Waals surface area contributed by atoms with Gasteiger partial charge < -0.3 is 11.5 Å². The Balaban J connectivity index is 2.02. The summed E-state index contributed by atoms with van der Waals surface area (Å²) in [5.74, 6) is 1.88. The van der Waals surface area contributed by atoms with E-state index in [1.165, 1.54) is 39.0 Å². The molecule has 0 amide bonds. The van der Waals surface area contributed by atoms with Crippen LogP contribution >= 0.6 is 0 Å². The summed E-state index contributed by atoms with van der Waals surface area (Å²) < 4.78 is 0. The van der Waals surface area contributed by atoms with Crippen molar-refractivity contribution in [1.82, 2.24) is 0 Å². The molecule has 1 aliphatic carbocycles. The van der Waals surface area contributed by atoms with Gasteiger partial charge in [-0.15, -0.1) is 0 Å². The number of allylic oxidation sites excluding steroid dienone is 2. The fourth-order valence-electron chi connectivity index (χ4n) is 4.86. The van der Waals surface area contributed by atoms with Crippen LogP contribution in [0, 0.1) is 11.8 Å². The lowest BCUT2D eigenvalue weighted by Gasteiger charge is -2.37. The molecule has 3 atom stereocenters. The zero-order chi connectivity index (χ0) is 22.3. The fourth-order valence-corrected chi connectivity index (χ4v) is 4.86. The first kappa shape index (κ1) is 21.2. The average molecular weight is 411 g/mol. The Hall–Kier alpha value is -3.00. The Bertz CT molecular complexity index is 1100. The SMILES string of the molecule is CC1=CC(C(C)C(C)C)c2c(-c3ccc(N)cc3)ccc(-c3ccc(N)cc3)c2C1C. The van der Waals surface area contributed by atoms with Gasteiger partial charge in [-0.3, -0.25) is 0 Å². The number of anilines is 2.